The molecule has 1 amide bonds. The average Bonchev–Trinajstić information content (AvgIpc) is 3.74. The first-order valence-electron chi connectivity index (χ1n) is 11.2. The second-order valence-corrected chi connectivity index (χ2v) is 9.35. The number of hydrogen-bond donors (Lipinski definition) is 2. The number of nitrogens with one attached hydrogen (secondary N) is 2. The Morgan fingerprint density at radius 3 is 2.88 bits per heavy atom. The van der Waals surface area contributed by atoms with E-state index in [1.54, 1.807) is 12.3 Å². The largest absolute Gasteiger partial charge is 0.363 e. The van der Waals surface area contributed by atoms with E-state index in [1.165, 1.54) is 18.4 Å². The quantitative estimate of drug-likeness (QED) is 0.406. The summed E-state index contributed by atoms with van der Waals surface area (Å²) >= 11 is 6.08. The highest BCUT2D eigenvalue weighted by atomic mass is 35.5. The summed E-state index contributed by atoms with van der Waals surface area (Å²) in [7, 11) is 0. The van der Waals surface area contributed by atoms with Crippen LogP contribution in [0.25, 0.3) is 5.65 Å². The van der Waals surface area contributed by atoms with E-state index in [9.17, 15) is 4.79 Å². The van der Waals surface area contributed by atoms with E-state index in [1.807, 2.05) is 30.5 Å². The molecule has 8 heteroatoms. The molecule has 0 unspecified atom stereocenters. The van der Waals surface area contributed by atoms with Crippen LogP contribution < -0.4 is 10.6 Å². The predicted octanol–water partition coefficient (Wildman–Crippen LogP) is 5.01. The molecule has 0 saturated heterocycles. The molecule has 3 heterocycles. The highest BCUT2D eigenvalue weighted by molar-refractivity contribution is 6.30. The first kappa shape index (κ1) is 20.2. The molecule has 0 spiro atoms. The first-order chi connectivity index (χ1) is 16.1. The maximum atomic E-state index is 12.7. The van der Waals surface area contributed by atoms with Gasteiger partial charge in [-0.1, -0.05) is 29.8 Å². The number of anilines is 2. The van der Waals surface area contributed by atoms with Crippen molar-refractivity contribution in [3.8, 4) is 0 Å². The maximum absolute atomic E-state index is 12.7. The van der Waals surface area contributed by atoms with Gasteiger partial charge in [0, 0.05) is 29.4 Å². The van der Waals surface area contributed by atoms with Crippen molar-refractivity contribution in [2.24, 2.45) is 5.92 Å². The number of amides is 1. The Kier molecular flexibility index (Phi) is 4.99. The zero-order chi connectivity index (χ0) is 22.4. The molecular weight excluding hydrogens is 436 g/mol. The van der Waals surface area contributed by atoms with Gasteiger partial charge < -0.3 is 15.0 Å². The van der Waals surface area contributed by atoms with Crippen LogP contribution in [0.2, 0.25) is 5.02 Å². The lowest BCUT2D eigenvalue weighted by Gasteiger charge is -2.07. The number of fused-ring (bicyclic) bond motifs is 1. The van der Waals surface area contributed by atoms with Crippen molar-refractivity contribution in [3.05, 3.63) is 82.9 Å². The van der Waals surface area contributed by atoms with Crippen LogP contribution in [0.15, 0.2) is 61.1 Å². The average molecular weight is 459 g/mol. The van der Waals surface area contributed by atoms with Crippen molar-refractivity contribution in [2.75, 3.05) is 10.6 Å². The van der Waals surface area contributed by atoms with Gasteiger partial charge in [-0.25, -0.2) is 4.98 Å². The van der Waals surface area contributed by atoms with Crippen LogP contribution in [-0.4, -0.2) is 25.5 Å². The summed E-state index contributed by atoms with van der Waals surface area (Å²) < 4.78 is 2.08. The maximum Gasteiger partial charge on any atom is 0.228 e. The van der Waals surface area contributed by atoms with Gasteiger partial charge in [-0.3, -0.25) is 4.79 Å². The highest BCUT2D eigenvalue weighted by Crippen LogP contribution is 2.48. The minimum absolute atomic E-state index is 0.00857. The third-order valence-electron chi connectivity index (χ3n) is 6.35. The number of halogens is 1. The molecule has 2 aliphatic carbocycles. The Bertz CT molecular complexity index is 1350. The van der Waals surface area contributed by atoms with E-state index in [0.29, 0.717) is 29.0 Å². The number of carbonyl (C=O) groups is 1. The molecule has 0 bridgehead atoms. The number of imidazole rings is 1. The van der Waals surface area contributed by atoms with E-state index in [4.69, 9.17) is 11.6 Å². The molecule has 2 fully saturated rings. The van der Waals surface area contributed by atoms with Crippen LogP contribution in [-0.2, 0) is 11.3 Å². The fourth-order valence-corrected chi connectivity index (χ4v) is 4.53. The van der Waals surface area contributed by atoms with E-state index >= 15 is 0 Å². The second kappa shape index (κ2) is 8.15. The molecule has 2 aliphatic rings. The summed E-state index contributed by atoms with van der Waals surface area (Å²) in [6.07, 6.45) is 9.16. The zero-order valence-electron chi connectivity index (χ0n) is 17.9. The fourth-order valence-electron chi connectivity index (χ4n) is 4.33. The molecular formula is C25H23ClN6O. The number of hydrogen-bond acceptors (Lipinski definition) is 5. The van der Waals surface area contributed by atoms with Crippen LogP contribution in [0, 0.1) is 5.92 Å². The summed E-state index contributed by atoms with van der Waals surface area (Å²) in [5.74, 6) is 1.46. The molecule has 2 saturated carbocycles. The number of aromatic nitrogens is 4. The van der Waals surface area contributed by atoms with E-state index < -0.39 is 0 Å². The van der Waals surface area contributed by atoms with Crippen molar-refractivity contribution in [1.82, 2.24) is 19.6 Å². The summed E-state index contributed by atoms with van der Waals surface area (Å²) in [6, 6.07) is 13.8. The molecule has 4 aromatic rings. The predicted molar refractivity (Wildman–Crippen MR) is 127 cm³/mol. The second-order valence-electron chi connectivity index (χ2n) is 8.91. The number of pyridine rings is 1. The van der Waals surface area contributed by atoms with Gasteiger partial charge in [0.1, 0.15) is 5.65 Å². The van der Waals surface area contributed by atoms with Gasteiger partial charge in [-0.15, -0.1) is 5.10 Å². The minimum Gasteiger partial charge on any atom is -0.363 e. The molecule has 0 radical (unpaired) electrons. The molecule has 1 aromatic carbocycles. The van der Waals surface area contributed by atoms with Crippen molar-refractivity contribution in [1.29, 1.82) is 0 Å². The molecule has 166 valence electrons. The smallest absolute Gasteiger partial charge is 0.228 e. The SMILES string of the molecule is O=C(Nc1cnnc(NCc2cn3cc(C4CC4)ccc3n2)c1)[C@H]1C[C@@H]1c1cccc(Cl)c1. The van der Waals surface area contributed by atoms with E-state index in [0.717, 1.165) is 23.3 Å². The Hall–Kier alpha value is -3.45. The normalized spacial score (nSPS) is 19.4. The van der Waals surface area contributed by atoms with Gasteiger partial charge in [0.25, 0.3) is 0 Å². The van der Waals surface area contributed by atoms with E-state index in [2.05, 4.69) is 48.5 Å². The van der Waals surface area contributed by atoms with Crippen molar-refractivity contribution >= 4 is 34.7 Å². The molecule has 7 nitrogen and oxygen atoms in total. The molecule has 2 atom stereocenters. The first-order valence-corrected chi connectivity index (χ1v) is 11.6. The highest BCUT2D eigenvalue weighted by Gasteiger charge is 2.44. The summed E-state index contributed by atoms with van der Waals surface area (Å²) in [6.45, 7) is 0.520. The number of rotatable bonds is 7. The van der Waals surface area contributed by atoms with Crippen molar-refractivity contribution < 1.29 is 4.79 Å². The Morgan fingerprint density at radius 2 is 2.03 bits per heavy atom. The Balaban J connectivity index is 1.08. The zero-order valence-corrected chi connectivity index (χ0v) is 18.7. The van der Waals surface area contributed by atoms with Gasteiger partial charge in [0.15, 0.2) is 5.82 Å². The Morgan fingerprint density at radius 1 is 1.12 bits per heavy atom. The lowest BCUT2D eigenvalue weighted by Crippen LogP contribution is -2.15. The van der Waals surface area contributed by atoms with Crippen LogP contribution in [0.4, 0.5) is 11.5 Å². The molecule has 0 aliphatic heterocycles. The minimum atomic E-state index is -0.0495. The van der Waals surface area contributed by atoms with Crippen LogP contribution in [0.3, 0.4) is 0 Å². The summed E-state index contributed by atoms with van der Waals surface area (Å²) in [5.41, 5.74) is 4.96. The lowest BCUT2D eigenvalue weighted by atomic mass is 10.1. The number of benzene rings is 1. The van der Waals surface area contributed by atoms with E-state index in [-0.39, 0.29) is 17.7 Å². The van der Waals surface area contributed by atoms with Crippen LogP contribution in [0.1, 0.15) is 47.9 Å². The number of nitrogens with zero attached hydrogens (tertiary/aromatic N) is 4. The van der Waals surface area contributed by atoms with Gasteiger partial charge >= 0.3 is 0 Å². The Labute approximate surface area is 196 Å². The third kappa shape index (κ3) is 4.41. The third-order valence-corrected chi connectivity index (χ3v) is 6.58. The van der Waals surface area contributed by atoms with Crippen molar-refractivity contribution in [2.45, 2.75) is 37.6 Å². The standard InChI is InChI=1S/C25H23ClN6O/c26-18-3-1-2-16(8-18)21-10-22(21)25(33)30-19-9-23(31-28-12-19)27-11-20-14-32-13-17(15-4-5-15)6-7-24(32)29-20/h1-3,6-9,12-15,21-22H,4-5,10-11H2,(H2,27,30,31,33)/t21-,22+/m1/s1. The van der Waals surface area contributed by atoms with Crippen LogP contribution >= 0.6 is 11.6 Å². The van der Waals surface area contributed by atoms with Gasteiger partial charge in [0.05, 0.1) is 24.1 Å². The van der Waals surface area contributed by atoms with Crippen LogP contribution in [0.5, 0.6) is 0 Å². The summed E-state index contributed by atoms with van der Waals surface area (Å²) in [4.78, 5) is 17.4. The molecule has 3 aromatic heterocycles. The fraction of sp³-hybridized carbons (Fsp3) is 0.280. The van der Waals surface area contributed by atoms with Gasteiger partial charge in [-0.2, -0.15) is 5.10 Å². The molecule has 2 N–H and O–H groups in total. The topological polar surface area (TPSA) is 84.2 Å². The number of carbonyl (C=O) groups excluding carboxylic acids is 1. The van der Waals surface area contributed by atoms with Crippen molar-refractivity contribution in [3.63, 3.8) is 0 Å². The lowest BCUT2D eigenvalue weighted by molar-refractivity contribution is -0.117. The van der Waals surface area contributed by atoms with Gasteiger partial charge in [0.2, 0.25) is 5.91 Å². The molecule has 6 rings (SSSR count). The monoisotopic (exact) mass is 458 g/mol. The summed E-state index contributed by atoms with van der Waals surface area (Å²) in [5, 5.41) is 15.1. The van der Waals surface area contributed by atoms with Gasteiger partial charge in [-0.05, 0) is 60.4 Å². The molecule has 33 heavy (non-hydrogen) atoms.